The summed E-state index contributed by atoms with van der Waals surface area (Å²) in [6.07, 6.45) is 4.10. The average Bonchev–Trinajstić information content (AvgIpc) is 3.12. The van der Waals surface area contributed by atoms with Crippen molar-refractivity contribution in [3.63, 3.8) is 0 Å². The van der Waals surface area contributed by atoms with Crippen LogP contribution in [0.1, 0.15) is 40.9 Å². The molecule has 4 nitrogen and oxygen atoms in total. The number of quaternary nitrogens is 1. The highest BCUT2D eigenvalue weighted by Gasteiger charge is 2.14. The van der Waals surface area contributed by atoms with Crippen LogP contribution in [-0.4, -0.2) is 24.0 Å². The molecule has 2 heterocycles. The molecule has 0 unspecified atom stereocenters. The highest BCUT2D eigenvalue weighted by Crippen LogP contribution is 2.14. The lowest BCUT2D eigenvalue weighted by molar-refractivity contribution is -0.918. The second-order valence-corrected chi connectivity index (χ2v) is 7.26. The standard InChI is InChI=1S/C22H25N3O/c26-22(21-14-19-6-2-3-7-20(19)24-21)23-15-17-8-10-18(11-9-17)16-25-12-4-1-5-13-25/h2-3,6-11,14,24H,1,4-5,12-13,15-16H2,(H,23,26)/p+1. The van der Waals surface area contributed by atoms with Crippen LogP contribution in [0.5, 0.6) is 0 Å². The van der Waals surface area contributed by atoms with Crippen LogP contribution in [0, 0.1) is 0 Å². The van der Waals surface area contributed by atoms with Crippen LogP contribution < -0.4 is 10.2 Å². The van der Waals surface area contributed by atoms with E-state index in [9.17, 15) is 4.79 Å². The van der Waals surface area contributed by atoms with Crippen LogP contribution in [0.2, 0.25) is 0 Å². The van der Waals surface area contributed by atoms with E-state index in [2.05, 4.69) is 34.6 Å². The minimum atomic E-state index is -0.0666. The number of aromatic nitrogens is 1. The highest BCUT2D eigenvalue weighted by atomic mass is 16.1. The fraction of sp³-hybridized carbons (Fsp3) is 0.318. The molecule has 0 aliphatic carbocycles. The molecule has 4 heteroatoms. The predicted molar refractivity (Wildman–Crippen MR) is 104 cm³/mol. The van der Waals surface area contributed by atoms with Gasteiger partial charge in [0.15, 0.2) is 0 Å². The summed E-state index contributed by atoms with van der Waals surface area (Å²) < 4.78 is 0. The number of H-pyrrole nitrogens is 1. The molecule has 1 saturated heterocycles. The van der Waals surface area contributed by atoms with Gasteiger partial charge in [-0.3, -0.25) is 4.79 Å². The fourth-order valence-corrected chi connectivity index (χ4v) is 3.77. The molecule has 1 amide bonds. The number of amides is 1. The molecule has 0 bridgehead atoms. The number of hydrogen-bond donors (Lipinski definition) is 3. The highest BCUT2D eigenvalue weighted by molar-refractivity contribution is 5.97. The number of benzene rings is 2. The van der Waals surface area contributed by atoms with Crippen molar-refractivity contribution in [1.29, 1.82) is 0 Å². The number of nitrogens with one attached hydrogen (secondary N) is 3. The Morgan fingerprint density at radius 2 is 1.69 bits per heavy atom. The van der Waals surface area contributed by atoms with Crippen molar-refractivity contribution in [2.24, 2.45) is 0 Å². The molecule has 1 aromatic heterocycles. The van der Waals surface area contributed by atoms with E-state index in [0.29, 0.717) is 12.2 Å². The van der Waals surface area contributed by atoms with Crippen LogP contribution in [0.15, 0.2) is 54.6 Å². The molecule has 3 N–H and O–H groups in total. The molecular formula is C22H26N3O+. The summed E-state index contributed by atoms with van der Waals surface area (Å²) in [7, 11) is 0. The summed E-state index contributed by atoms with van der Waals surface area (Å²) in [6.45, 7) is 4.25. The van der Waals surface area contributed by atoms with Crippen LogP contribution in [-0.2, 0) is 13.1 Å². The third-order valence-corrected chi connectivity index (χ3v) is 5.27. The molecular weight excluding hydrogens is 322 g/mol. The van der Waals surface area contributed by atoms with E-state index in [4.69, 9.17) is 0 Å². The first-order valence-corrected chi connectivity index (χ1v) is 9.55. The summed E-state index contributed by atoms with van der Waals surface area (Å²) in [5.74, 6) is -0.0666. The van der Waals surface area contributed by atoms with E-state index in [0.717, 1.165) is 23.0 Å². The third kappa shape index (κ3) is 3.97. The summed E-state index contributed by atoms with van der Waals surface area (Å²) in [5.41, 5.74) is 4.11. The topological polar surface area (TPSA) is 49.3 Å². The molecule has 0 radical (unpaired) electrons. The maximum Gasteiger partial charge on any atom is 0.267 e. The molecule has 134 valence electrons. The minimum absolute atomic E-state index is 0.0666. The van der Waals surface area contributed by atoms with E-state index >= 15 is 0 Å². The lowest BCUT2D eigenvalue weighted by Crippen LogP contribution is -3.11. The van der Waals surface area contributed by atoms with Gasteiger partial charge in [0.1, 0.15) is 12.2 Å². The largest absolute Gasteiger partial charge is 0.351 e. The van der Waals surface area contributed by atoms with Crippen molar-refractivity contribution in [2.75, 3.05) is 13.1 Å². The van der Waals surface area contributed by atoms with E-state index in [1.807, 2.05) is 30.3 Å². The lowest BCUT2D eigenvalue weighted by Gasteiger charge is -2.23. The molecule has 0 atom stereocenters. The molecule has 2 aromatic carbocycles. The van der Waals surface area contributed by atoms with E-state index in [-0.39, 0.29) is 5.91 Å². The van der Waals surface area contributed by atoms with Crippen molar-refractivity contribution in [1.82, 2.24) is 10.3 Å². The molecule has 26 heavy (non-hydrogen) atoms. The SMILES string of the molecule is O=C(NCc1ccc(C[NH+]2CCCCC2)cc1)c1cc2ccccc2[nH]1. The normalized spacial score (nSPS) is 15.2. The van der Waals surface area contributed by atoms with Gasteiger partial charge in [-0.05, 0) is 37.0 Å². The summed E-state index contributed by atoms with van der Waals surface area (Å²) in [4.78, 5) is 17.2. The Hall–Kier alpha value is -2.59. The van der Waals surface area contributed by atoms with Crippen molar-refractivity contribution < 1.29 is 9.69 Å². The lowest BCUT2D eigenvalue weighted by atomic mass is 10.1. The molecule has 1 aliphatic heterocycles. The predicted octanol–water partition coefficient (Wildman–Crippen LogP) is 2.67. The number of likely N-dealkylation sites (tertiary alicyclic amines) is 1. The zero-order valence-electron chi connectivity index (χ0n) is 15.1. The monoisotopic (exact) mass is 348 g/mol. The van der Waals surface area contributed by atoms with Gasteiger partial charge in [0.2, 0.25) is 0 Å². The van der Waals surface area contributed by atoms with Gasteiger partial charge in [-0.1, -0.05) is 42.5 Å². The van der Waals surface area contributed by atoms with Gasteiger partial charge in [0.25, 0.3) is 5.91 Å². The van der Waals surface area contributed by atoms with E-state index < -0.39 is 0 Å². The maximum atomic E-state index is 12.4. The quantitative estimate of drug-likeness (QED) is 0.652. The Bertz CT molecular complexity index is 843. The van der Waals surface area contributed by atoms with Gasteiger partial charge < -0.3 is 15.2 Å². The van der Waals surface area contributed by atoms with Crippen molar-refractivity contribution in [3.8, 4) is 0 Å². The Kier molecular flexibility index (Phi) is 5.02. The number of fused-ring (bicyclic) bond motifs is 1. The zero-order valence-corrected chi connectivity index (χ0v) is 15.1. The number of para-hydroxylation sites is 1. The maximum absolute atomic E-state index is 12.4. The van der Waals surface area contributed by atoms with Crippen molar-refractivity contribution in [2.45, 2.75) is 32.4 Å². The first-order chi connectivity index (χ1) is 12.8. The second kappa shape index (κ2) is 7.75. The van der Waals surface area contributed by atoms with Gasteiger partial charge in [-0.15, -0.1) is 0 Å². The molecule has 0 saturated carbocycles. The van der Waals surface area contributed by atoms with E-state index in [1.54, 1.807) is 4.90 Å². The number of aromatic amines is 1. The fourth-order valence-electron chi connectivity index (χ4n) is 3.77. The van der Waals surface area contributed by atoms with Crippen molar-refractivity contribution in [3.05, 3.63) is 71.4 Å². The summed E-state index contributed by atoms with van der Waals surface area (Å²) in [5, 5.41) is 4.06. The summed E-state index contributed by atoms with van der Waals surface area (Å²) in [6, 6.07) is 18.5. The van der Waals surface area contributed by atoms with Gasteiger partial charge in [-0.2, -0.15) is 0 Å². The number of rotatable bonds is 5. The molecule has 1 fully saturated rings. The number of carbonyl (C=O) groups is 1. The molecule has 4 rings (SSSR count). The number of hydrogen-bond acceptors (Lipinski definition) is 1. The smallest absolute Gasteiger partial charge is 0.267 e. The average molecular weight is 348 g/mol. The molecule has 3 aromatic rings. The Morgan fingerprint density at radius 3 is 2.46 bits per heavy atom. The minimum Gasteiger partial charge on any atom is -0.351 e. The molecule has 1 aliphatic rings. The van der Waals surface area contributed by atoms with Crippen LogP contribution in [0.3, 0.4) is 0 Å². The van der Waals surface area contributed by atoms with Gasteiger partial charge in [-0.25, -0.2) is 0 Å². The van der Waals surface area contributed by atoms with Crippen molar-refractivity contribution >= 4 is 16.8 Å². The van der Waals surface area contributed by atoms with Gasteiger partial charge in [0, 0.05) is 23.0 Å². The van der Waals surface area contributed by atoms with Crippen LogP contribution in [0.4, 0.5) is 0 Å². The van der Waals surface area contributed by atoms with Crippen LogP contribution in [0.25, 0.3) is 10.9 Å². The second-order valence-electron chi connectivity index (χ2n) is 7.26. The molecule has 0 spiro atoms. The summed E-state index contributed by atoms with van der Waals surface area (Å²) >= 11 is 0. The van der Waals surface area contributed by atoms with Crippen LogP contribution >= 0.6 is 0 Å². The third-order valence-electron chi connectivity index (χ3n) is 5.27. The Labute approximate surface area is 154 Å². The Morgan fingerprint density at radius 1 is 0.962 bits per heavy atom. The first-order valence-electron chi connectivity index (χ1n) is 9.55. The van der Waals surface area contributed by atoms with Gasteiger partial charge in [0.05, 0.1) is 13.1 Å². The van der Waals surface area contributed by atoms with E-state index in [1.165, 1.54) is 37.9 Å². The number of piperidine rings is 1. The number of carbonyl (C=O) groups excluding carboxylic acids is 1. The Balaban J connectivity index is 1.33. The first kappa shape index (κ1) is 16.9. The zero-order chi connectivity index (χ0) is 17.8. The van der Waals surface area contributed by atoms with Gasteiger partial charge >= 0.3 is 0 Å².